The predicted molar refractivity (Wildman–Crippen MR) is 57.5 cm³/mol. The fourth-order valence-corrected chi connectivity index (χ4v) is 1.32. The van der Waals surface area contributed by atoms with Crippen LogP contribution in [0.5, 0.6) is 0 Å². The number of carbonyl (C=O) groups is 2. The number of amides is 1. The third-order valence-electron chi connectivity index (χ3n) is 1.92. The Bertz CT molecular complexity index is 458. The number of benzene rings is 1. The summed E-state index contributed by atoms with van der Waals surface area (Å²) in [6.45, 7) is -1.08. The number of carbonyl (C=O) groups excluding carboxylic acids is 1. The number of anilines is 1. The number of hydrogen-bond acceptors (Lipinski definition) is 2. The summed E-state index contributed by atoms with van der Waals surface area (Å²) in [6, 6.07) is 4.79. The fraction of sp³-hybridized carbons (Fsp3) is 0.200. The molecule has 8 heteroatoms. The second kappa shape index (κ2) is 5.26. The lowest BCUT2D eigenvalue weighted by Crippen LogP contribution is -2.44. The zero-order valence-corrected chi connectivity index (χ0v) is 9.50. The number of hydrogen-bond donors (Lipinski definition) is 1. The van der Waals surface area contributed by atoms with Gasteiger partial charge < -0.3 is 5.11 Å². The Morgan fingerprint density at radius 1 is 1.22 bits per heavy atom. The lowest BCUT2D eigenvalue weighted by molar-refractivity contribution is -0.170. The number of carboxylic acids is 1. The summed E-state index contributed by atoms with van der Waals surface area (Å²) in [4.78, 5) is 21.7. The van der Waals surface area contributed by atoms with E-state index in [-0.39, 0.29) is 15.6 Å². The minimum atomic E-state index is -5.14. The Balaban J connectivity index is 3.09. The van der Waals surface area contributed by atoms with Gasteiger partial charge in [0.1, 0.15) is 6.54 Å². The molecule has 0 saturated heterocycles. The molecule has 98 valence electrons. The Labute approximate surface area is 105 Å². The first-order valence-electron chi connectivity index (χ1n) is 4.58. The summed E-state index contributed by atoms with van der Waals surface area (Å²) >= 11 is 5.55. The van der Waals surface area contributed by atoms with Gasteiger partial charge >= 0.3 is 18.1 Å². The standard InChI is InChI=1S/C10H7ClF3NO3/c11-6-1-3-7(4-2-6)15(5-8(16)17)9(18)10(12,13)14/h1-4H,5H2,(H,16,17). The molecule has 0 aliphatic heterocycles. The summed E-state index contributed by atoms with van der Waals surface area (Å²) in [7, 11) is 0. The van der Waals surface area contributed by atoms with Gasteiger partial charge in [-0.25, -0.2) is 0 Å². The lowest BCUT2D eigenvalue weighted by atomic mass is 10.2. The highest BCUT2D eigenvalue weighted by Gasteiger charge is 2.43. The summed E-state index contributed by atoms with van der Waals surface area (Å²) < 4.78 is 36.9. The second-order valence-corrected chi connectivity index (χ2v) is 3.70. The van der Waals surface area contributed by atoms with E-state index in [2.05, 4.69) is 0 Å². The SMILES string of the molecule is O=C(O)CN(C(=O)C(F)(F)F)c1ccc(Cl)cc1. The van der Waals surface area contributed by atoms with Crippen LogP contribution in [-0.4, -0.2) is 29.7 Å². The van der Waals surface area contributed by atoms with Gasteiger partial charge in [0.15, 0.2) is 0 Å². The van der Waals surface area contributed by atoms with E-state index in [4.69, 9.17) is 16.7 Å². The highest BCUT2D eigenvalue weighted by molar-refractivity contribution is 6.30. The van der Waals surface area contributed by atoms with E-state index < -0.39 is 24.6 Å². The van der Waals surface area contributed by atoms with Crippen molar-refractivity contribution in [2.75, 3.05) is 11.4 Å². The van der Waals surface area contributed by atoms with Crippen LogP contribution in [0.3, 0.4) is 0 Å². The fourth-order valence-electron chi connectivity index (χ4n) is 1.19. The van der Waals surface area contributed by atoms with Crippen molar-refractivity contribution in [3.8, 4) is 0 Å². The number of carboxylic acid groups (broad SMARTS) is 1. The van der Waals surface area contributed by atoms with Crippen molar-refractivity contribution in [3.63, 3.8) is 0 Å². The summed E-state index contributed by atoms with van der Waals surface area (Å²) in [5.41, 5.74) is -0.191. The van der Waals surface area contributed by atoms with E-state index in [1.165, 1.54) is 12.1 Å². The molecule has 1 rings (SSSR count). The van der Waals surface area contributed by atoms with Gasteiger partial charge in [0.2, 0.25) is 0 Å². The number of aliphatic carboxylic acids is 1. The summed E-state index contributed by atoms with van der Waals surface area (Å²) in [6.07, 6.45) is -5.14. The van der Waals surface area contributed by atoms with Crippen LogP contribution in [0.25, 0.3) is 0 Å². The van der Waals surface area contributed by atoms with Crippen molar-refractivity contribution in [1.82, 2.24) is 0 Å². The molecule has 0 heterocycles. The quantitative estimate of drug-likeness (QED) is 0.925. The van der Waals surface area contributed by atoms with E-state index in [1.54, 1.807) is 0 Å². The Kier molecular flexibility index (Phi) is 4.18. The van der Waals surface area contributed by atoms with Gasteiger partial charge in [0, 0.05) is 10.7 Å². The minimum absolute atomic E-state index is 0.124. The van der Waals surface area contributed by atoms with E-state index in [1.807, 2.05) is 0 Å². The average Bonchev–Trinajstić information content (AvgIpc) is 2.25. The molecule has 0 fully saturated rings. The maximum atomic E-state index is 12.3. The van der Waals surface area contributed by atoms with Crippen molar-refractivity contribution < 1.29 is 27.9 Å². The predicted octanol–water partition coefficient (Wildman–Crippen LogP) is 2.32. The average molecular weight is 282 g/mol. The van der Waals surface area contributed by atoms with Crippen LogP contribution < -0.4 is 4.90 Å². The number of halogens is 4. The second-order valence-electron chi connectivity index (χ2n) is 3.26. The normalized spacial score (nSPS) is 11.1. The van der Waals surface area contributed by atoms with Crippen LogP contribution >= 0.6 is 11.6 Å². The van der Waals surface area contributed by atoms with Crippen LogP contribution in [0.1, 0.15) is 0 Å². The Hall–Kier alpha value is -1.76. The first-order chi connectivity index (χ1) is 8.21. The van der Waals surface area contributed by atoms with Gasteiger partial charge in [-0.15, -0.1) is 0 Å². The number of nitrogens with zero attached hydrogens (tertiary/aromatic N) is 1. The van der Waals surface area contributed by atoms with Gasteiger partial charge in [0.25, 0.3) is 0 Å². The van der Waals surface area contributed by atoms with Gasteiger partial charge in [-0.2, -0.15) is 13.2 Å². The first kappa shape index (κ1) is 14.3. The molecule has 1 aromatic rings. The summed E-state index contributed by atoms with van der Waals surface area (Å²) in [5.74, 6) is -3.80. The maximum absolute atomic E-state index is 12.3. The monoisotopic (exact) mass is 281 g/mol. The number of rotatable bonds is 3. The Morgan fingerprint density at radius 3 is 2.11 bits per heavy atom. The Morgan fingerprint density at radius 2 is 1.72 bits per heavy atom. The minimum Gasteiger partial charge on any atom is -0.480 e. The molecule has 0 aliphatic rings. The molecule has 0 aliphatic carbocycles. The molecule has 0 aromatic heterocycles. The molecule has 0 radical (unpaired) electrons. The number of alkyl halides is 3. The van der Waals surface area contributed by atoms with Gasteiger partial charge in [0.05, 0.1) is 0 Å². The molecule has 18 heavy (non-hydrogen) atoms. The van der Waals surface area contributed by atoms with Gasteiger partial charge in [-0.1, -0.05) is 11.6 Å². The van der Waals surface area contributed by atoms with Crippen LogP contribution in [0, 0.1) is 0 Å². The van der Waals surface area contributed by atoms with Crippen molar-refractivity contribution in [1.29, 1.82) is 0 Å². The topological polar surface area (TPSA) is 57.6 Å². The highest BCUT2D eigenvalue weighted by atomic mass is 35.5. The molecule has 0 spiro atoms. The first-order valence-corrected chi connectivity index (χ1v) is 4.95. The third kappa shape index (κ3) is 3.63. The molecule has 0 bridgehead atoms. The van der Waals surface area contributed by atoms with E-state index in [0.717, 1.165) is 12.1 Å². The zero-order chi connectivity index (χ0) is 13.9. The van der Waals surface area contributed by atoms with Crippen LogP contribution in [0.4, 0.5) is 18.9 Å². The van der Waals surface area contributed by atoms with Crippen molar-refractivity contribution in [2.45, 2.75) is 6.18 Å². The van der Waals surface area contributed by atoms with Crippen LogP contribution in [0.2, 0.25) is 5.02 Å². The smallest absolute Gasteiger partial charge is 0.471 e. The molecular weight excluding hydrogens is 275 g/mol. The van der Waals surface area contributed by atoms with Gasteiger partial charge in [-0.05, 0) is 24.3 Å². The van der Waals surface area contributed by atoms with E-state index in [9.17, 15) is 22.8 Å². The van der Waals surface area contributed by atoms with E-state index >= 15 is 0 Å². The van der Waals surface area contributed by atoms with Crippen molar-refractivity contribution >= 4 is 29.2 Å². The lowest BCUT2D eigenvalue weighted by Gasteiger charge is -2.21. The molecule has 0 saturated carbocycles. The highest BCUT2D eigenvalue weighted by Crippen LogP contribution is 2.24. The molecule has 0 unspecified atom stereocenters. The van der Waals surface area contributed by atoms with Crippen LogP contribution in [-0.2, 0) is 9.59 Å². The maximum Gasteiger partial charge on any atom is 0.471 e. The van der Waals surface area contributed by atoms with Crippen molar-refractivity contribution in [2.24, 2.45) is 0 Å². The molecule has 1 aromatic carbocycles. The third-order valence-corrected chi connectivity index (χ3v) is 2.17. The molecule has 4 nitrogen and oxygen atoms in total. The van der Waals surface area contributed by atoms with Crippen LogP contribution in [0.15, 0.2) is 24.3 Å². The molecule has 0 atom stereocenters. The zero-order valence-electron chi connectivity index (χ0n) is 8.74. The van der Waals surface area contributed by atoms with Gasteiger partial charge in [-0.3, -0.25) is 14.5 Å². The largest absolute Gasteiger partial charge is 0.480 e. The summed E-state index contributed by atoms with van der Waals surface area (Å²) in [5, 5.41) is 8.78. The molecule has 1 N–H and O–H groups in total. The molecular formula is C10H7ClF3NO3. The van der Waals surface area contributed by atoms with Crippen molar-refractivity contribution in [3.05, 3.63) is 29.3 Å². The van der Waals surface area contributed by atoms with E-state index in [0.29, 0.717) is 0 Å². The molecule has 1 amide bonds.